The molecule has 2 amide bonds. The molecule has 3 unspecified atom stereocenters. The lowest BCUT2D eigenvalue weighted by molar-refractivity contribution is -0.140. The van der Waals surface area contributed by atoms with Crippen LogP contribution >= 0.6 is 0 Å². The van der Waals surface area contributed by atoms with E-state index in [1.54, 1.807) is 20.8 Å². The minimum absolute atomic E-state index is 0.00646. The molecule has 30 heavy (non-hydrogen) atoms. The van der Waals surface area contributed by atoms with Gasteiger partial charge in [-0.05, 0) is 51.9 Å². The summed E-state index contributed by atoms with van der Waals surface area (Å²) in [6.45, 7) is 16.1. The van der Waals surface area contributed by atoms with Crippen molar-refractivity contribution in [3.05, 3.63) is 11.6 Å². The van der Waals surface area contributed by atoms with Crippen LogP contribution in [0.15, 0.2) is 11.6 Å². The summed E-state index contributed by atoms with van der Waals surface area (Å²) in [5, 5.41) is 5.52. The molecule has 0 aromatic carbocycles. The van der Waals surface area contributed by atoms with Crippen molar-refractivity contribution in [2.24, 2.45) is 17.3 Å². The van der Waals surface area contributed by atoms with Gasteiger partial charge in [0.25, 0.3) is 0 Å². The van der Waals surface area contributed by atoms with Gasteiger partial charge in [0, 0.05) is 5.92 Å². The zero-order valence-electron chi connectivity index (χ0n) is 19.6. The van der Waals surface area contributed by atoms with Crippen LogP contribution in [0.5, 0.6) is 0 Å². The Kier molecular flexibility index (Phi) is 6.02. The van der Waals surface area contributed by atoms with Gasteiger partial charge in [-0.3, -0.25) is 4.79 Å². The van der Waals surface area contributed by atoms with Crippen LogP contribution < -0.4 is 10.6 Å². The van der Waals surface area contributed by atoms with E-state index >= 15 is 0 Å². The number of carbonyl (C=O) groups excluding carboxylic acids is 2. The number of amides is 2. The van der Waals surface area contributed by atoms with Crippen molar-refractivity contribution in [1.29, 1.82) is 0 Å². The number of alkyl carbamates (subject to hydrolysis) is 1. The van der Waals surface area contributed by atoms with Crippen molar-refractivity contribution in [3.8, 4) is 0 Å². The number of ether oxygens (including phenoxy) is 3. The fourth-order valence-electron chi connectivity index (χ4n) is 4.96. The molecule has 0 radical (unpaired) electrons. The Balaban J connectivity index is 1.60. The lowest BCUT2D eigenvalue weighted by atomic mass is 9.50. The molecule has 2 N–H and O–H groups in total. The van der Waals surface area contributed by atoms with E-state index in [4.69, 9.17) is 14.2 Å². The summed E-state index contributed by atoms with van der Waals surface area (Å²) in [4.78, 5) is 24.4. The Bertz CT molecular complexity index is 724. The van der Waals surface area contributed by atoms with E-state index in [0.717, 1.165) is 12.8 Å². The van der Waals surface area contributed by atoms with Crippen molar-refractivity contribution in [1.82, 2.24) is 10.6 Å². The van der Waals surface area contributed by atoms with Gasteiger partial charge in [-0.15, -0.1) is 0 Å². The molecule has 2 fully saturated rings. The number of hydrogen-bond acceptors (Lipinski definition) is 5. The molecule has 170 valence electrons. The predicted octanol–water partition coefficient (Wildman–Crippen LogP) is 3.53. The topological polar surface area (TPSA) is 85.9 Å². The van der Waals surface area contributed by atoms with E-state index in [1.807, 2.05) is 0 Å². The van der Waals surface area contributed by atoms with Crippen molar-refractivity contribution in [2.75, 3.05) is 6.54 Å². The fourth-order valence-corrected chi connectivity index (χ4v) is 4.96. The molecule has 0 aromatic heterocycles. The number of hydrogen-bond donors (Lipinski definition) is 2. The van der Waals surface area contributed by atoms with E-state index in [0.29, 0.717) is 11.8 Å². The van der Waals surface area contributed by atoms with E-state index in [2.05, 4.69) is 51.3 Å². The maximum Gasteiger partial charge on any atom is 0.408 e. The van der Waals surface area contributed by atoms with Gasteiger partial charge in [0.15, 0.2) is 6.29 Å². The van der Waals surface area contributed by atoms with Crippen molar-refractivity contribution in [3.63, 3.8) is 0 Å². The zero-order valence-corrected chi connectivity index (χ0v) is 19.6. The van der Waals surface area contributed by atoms with Gasteiger partial charge in [0.05, 0.1) is 12.1 Å². The van der Waals surface area contributed by atoms with Gasteiger partial charge in [-0.1, -0.05) is 39.3 Å². The Morgan fingerprint density at radius 1 is 1.27 bits per heavy atom. The van der Waals surface area contributed by atoms with E-state index in [1.165, 1.54) is 5.57 Å². The summed E-state index contributed by atoms with van der Waals surface area (Å²) < 4.78 is 18.0. The molecule has 1 saturated carbocycles. The van der Waals surface area contributed by atoms with Crippen LogP contribution in [-0.4, -0.2) is 48.2 Å². The Hall–Kier alpha value is -1.60. The molecule has 2 bridgehead atoms. The van der Waals surface area contributed by atoms with Gasteiger partial charge in [0.1, 0.15) is 17.7 Å². The van der Waals surface area contributed by atoms with E-state index in [-0.39, 0.29) is 35.6 Å². The highest BCUT2D eigenvalue weighted by Gasteiger charge is 2.64. The molecule has 4 aliphatic rings. The zero-order chi connectivity index (χ0) is 22.5. The predicted molar refractivity (Wildman–Crippen MR) is 114 cm³/mol. The van der Waals surface area contributed by atoms with Crippen LogP contribution in [0.2, 0.25) is 0 Å². The summed E-state index contributed by atoms with van der Waals surface area (Å²) in [5.41, 5.74) is 0.578. The van der Waals surface area contributed by atoms with Crippen LogP contribution in [0.3, 0.4) is 0 Å². The van der Waals surface area contributed by atoms with Crippen LogP contribution in [-0.2, 0) is 19.0 Å². The largest absolute Gasteiger partial charge is 0.444 e. The number of rotatable bonds is 6. The summed E-state index contributed by atoms with van der Waals surface area (Å²) >= 11 is 0. The quantitative estimate of drug-likeness (QED) is 0.640. The molecule has 0 spiro atoms. The molecule has 1 saturated heterocycles. The first kappa shape index (κ1) is 23.1. The van der Waals surface area contributed by atoms with Gasteiger partial charge < -0.3 is 24.8 Å². The van der Waals surface area contributed by atoms with Crippen LogP contribution in [0.1, 0.15) is 68.2 Å². The molecular formula is C23H38N2O5. The van der Waals surface area contributed by atoms with Crippen LogP contribution in [0, 0.1) is 17.3 Å². The lowest BCUT2D eigenvalue weighted by Crippen LogP contribution is -2.59. The van der Waals surface area contributed by atoms with Crippen LogP contribution in [0.4, 0.5) is 4.79 Å². The van der Waals surface area contributed by atoms with Gasteiger partial charge >= 0.3 is 6.09 Å². The van der Waals surface area contributed by atoms with Crippen molar-refractivity contribution >= 4 is 12.0 Å². The number of carbonyl (C=O) groups is 2. The molecule has 7 heteroatoms. The van der Waals surface area contributed by atoms with Crippen molar-refractivity contribution < 1.29 is 23.8 Å². The number of nitrogens with one attached hydrogen (secondary N) is 2. The molecule has 1 aliphatic heterocycles. The molecule has 1 heterocycles. The first-order valence-corrected chi connectivity index (χ1v) is 11.0. The fraction of sp³-hybridized carbons (Fsp3) is 0.826. The lowest BCUT2D eigenvalue weighted by Gasteiger charge is -2.57. The van der Waals surface area contributed by atoms with Gasteiger partial charge in [-0.2, -0.15) is 0 Å². The van der Waals surface area contributed by atoms with E-state index in [9.17, 15) is 9.59 Å². The van der Waals surface area contributed by atoms with Crippen LogP contribution in [0.25, 0.3) is 0 Å². The minimum Gasteiger partial charge on any atom is -0.444 e. The Morgan fingerprint density at radius 3 is 2.50 bits per heavy atom. The standard InChI is InChI=1S/C23H38N2O5/c1-13(2)9-15(25-18(26)12-24-20(27)30-21(3,4)5)19-28-17-11-14-10-16(22(14,6)7)23(17,8)29-19/h10,13,15-17,19H,9,11-12H2,1-8H3,(H,24,27)(H,25,26)/t15?,16-,17?,19?,23-/m0/s1. The molecule has 4 rings (SSSR count). The second-order valence-electron chi connectivity index (χ2n) is 11.0. The highest BCUT2D eigenvalue weighted by molar-refractivity contribution is 5.82. The summed E-state index contributed by atoms with van der Waals surface area (Å²) in [5.74, 6) is 0.375. The van der Waals surface area contributed by atoms with Gasteiger partial charge in [0.2, 0.25) is 5.91 Å². The summed E-state index contributed by atoms with van der Waals surface area (Å²) in [7, 11) is 0. The average Bonchev–Trinajstić information content (AvgIpc) is 2.94. The van der Waals surface area contributed by atoms with E-state index < -0.39 is 18.0 Å². The Labute approximate surface area is 180 Å². The third kappa shape index (κ3) is 4.52. The highest BCUT2D eigenvalue weighted by Crippen LogP contribution is 2.62. The molecule has 7 nitrogen and oxygen atoms in total. The third-order valence-corrected chi connectivity index (χ3v) is 6.50. The molecule has 5 atom stereocenters. The van der Waals surface area contributed by atoms with Gasteiger partial charge in [-0.25, -0.2) is 4.79 Å². The monoisotopic (exact) mass is 422 g/mol. The Morgan fingerprint density at radius 2 is 1.93 bits per heavy atom. The smallest absolute Gasteiger partial charge is 0.408 e. The first-order chi connectivity index (χ1) is 13.7. The molecular weight excluding hydrogens is 384 g/mol. The summed E-state index contributed by atoms with van der Waals surface area (Å²) in [6.07, 6.45) is 2.81. The molecule has 0 aromatic rings. The SMILES string of the molecule is CC(C)CC(NC(=O)CNC(=O)OC(C)(C)C)C1OC2CC3=C[C@@H](C3(C)C)[C@]2(C)O1. The average molecular weight is 423 g/mol. The third-order valence-electron chi connectivity index (χ3n) is 6.50. The molecule has 3 aliphatic carbocycles. The summed E-state index contributed by atoms with van der Waals surface area (Å²) in [6, 6.07) is -0.286. The highest BCUT2D eigenvalue weighted by atomic mass is 16.7. The second-order valence-corrected chi connectivity index (χ2v) is 11.0. The first-order valence-electron chi connectivity index (χ1n) is 11.0. The maximum atomic E-state index is 12.5. The maximum absolute atomic E-state index is 12.5. The second kappa shape index (κ2) is 7.83. The van der Waals surface area contributed by atoms with Crippen molar-refractivity contribution in [2.45, 2.75) is 97.9 Å². The minimum atomic E-state index is -0.612. The normalized spacial score (nSPS) is 32.6.